The van der Waals surface area contributed by atoms with Crippen molar-refractivity contribution < 1.29 is 9.84 Å². The summed E-state index contributed by atoms with van der Waals surface area (Å²) in [7, 11) is 0. The Morgan fingerprint density at radius 3 is 2.55 bits per heavy atom. The number of aliphatic hydroxyl groups excluding tert-OH is 1. The van der Waals surface area contributed by atoms with Crippen molar-refractivity contribution >= 4 is 28.9 Å². The topological polar surface area (TPSA) is 41.5 Å². The van der Waals surface area contributed by atoms with Gasteiger partial charge in [0, 0.05) is 17.3 Å². The summed E-state index contributed by atoms with van der Waals surface area (Å²) in [6.45, 7) is 0.552. The van der Waals surface area contributed by atoms with E-state index >= 15 is 0 Å². The van der Waals surface area contributed by atoms with Crippen LogP contribution in [0.25, 0.3) is 0 Å². The Kier molecular flexibility index (Phi) is 5.53. The summed E-state index contributed by atoms with van der Waals surface area (Å²) in [6, 6.07) is 14.6. The second kappa shape index (κ2) is 7.39. The Hall–Kier alpha value is -1.42. The van der Waals surface area contributed by atoms with Gasteiger partial charge in [0.05, 0.1) is 5.02 Å². The maximum absolute atomic E-state index is 9.86. The molecule has 0 aliphatic heterocycles. The van der Waals surface area contributed by atoms with E-state index in [0.29, 0.717) is 22.3 Å². The van der Waals surface area contributed by atoms with Crippen molar-refractivity contribution in [1.29, 1.82) is 0 Å². The van der Waals surface area contributed by atoms with E-state index in [0.717, 1.165) is 5.69 Å². The first-order chi connectivity index (χ1) is 9.65. The number of anilines is 1. The highest BCUT2D eigenvalue weighted by Gasteiger charge is 2.07. The molecule has 20 heavy (non-hydrogen) atoms. The third-order valence-corrected chi connectivity index (χ3v) is 3.17. The number of hydrogen-bond acceptors (Lipinski definition) is 3. The maximum atomic E-state index is 9.86. The summed E-state index contributed by atoms with van der Waals surface area (Å²) >= 11 is 11.8. The zero-order valence-electron chi connectivity index (χ0n) is 10.7. The van der Waals surface area contributed by atoms with Gasteiger partial charge in [0.15, 0.2) is 0 Å². The summed E-state index contributed by atoms with van der Waals surface area (Å²) in [5, 5.41) is 14.0. The molecule has 0 unspecified atom stereocenters. The fourth-order valence-corrected chi connectivity index (χ4v) is 2.09. The highest BCUT2D eigenvalue weighted by Crippen LogP contribution is 2.27. The first-order valence-electron chi connectivity index (χ1n) is 6.20. The molecule has 2 aromatic carbocycles. The molecule has 3 nitrogen and oxygen atoms in total. The van der Waals surface area contributed by atoms with E-state index in [1.54, 1.807) is 18.2 Å². The van der Waals surface area contributed by atoms with Gasteiger partial charge in [-0.2, -0.15) is 0 Å². The van der Waals surface area contributed by atoms with Crippen molar-refractivity contribution in [2.45, 2.75) is 6.10 Å². The molecule has 0 spiro atoms. The van der Waals surface area contributed by atoms with Crippen molar-refractivity contribution in [1.82, 2.24) is 0 Å². The molecule has 0 saturated heterocycles. The van der Waals surface area contributed by atoms with E-state index in [1.165, 1.54) is 0 Å². The Balaban J connectivity index is 1.79. The molecular formula is C15H15Cl2NO2. The molecule has 106 valence electrons. The Bertz CT molecular complexity index is 549. The van der Waals surface area contributed by atoms with Gasteiger partial charge in [-0.05, 0) is 30.3 Å². The molecule has 1 atom stereocenters. The number of halogens is 2. The number of para-hydroxylation sites is 1. The minimum Gasteiger partial charge on any atom is -0.489 e. The van der Waals surface area contributed by atoms with Crippen LogP contribution >= 0.6 is 23.2 Å². The van der Waals surface area contributed by atoms with Gasteiger partial charge in [0.2, 0.25) is 0 Å². The monoisotopic (exact) mass is 311 g/mol. The van der Waals surface area contributed by atoms with E-state index in [4.69, 9.17) is 27.9 Å². The van der Waals surface area contributed by atoms with E-state index in [9.17, 15) is 5.11 Å². The van der Waals surface area contributed by atoms with Crippen LogP contribution < -0.4 is 10.1 Å². The molecule has 0 amide bonds. The van der Waals surface area contributed by atoms with Crippen LogP contribution in [-0.4, -0.2) is 24.4 Å². The molecule has 0 heterocycles. The van der Waals surface area contributed by atoms with Crippen LogP contribution in [0.4, 0.5) is 5.69 Å². The van der Waals surface area contributed by atoms with Gasteiger partial charge < -0.3 is 15.2 Å². The molecule has 2 aromatic rings. The van der Waals surface area contributed by atoms with Gasteiger partial charge in [0.1, 0.15) is 18.5 Å². The third kappa shape index (κ3) is 4.60. The van der Waals surface area contributed by atoms with Crippen LogP contribution in [0.2, 0.25) is 10.0 Å². The second-order valence-corrected chi connectivity index (χ2v) is 5.13. The molecule has 0 aliphatic carbocycles. The van der Waals surface area contributed by atoms with Crippen LogP contribution in [0.15, 0.2) is 48.5 Å². The van der Waals surface area contributed by atoms with Gasteiger partial charge >= 0.3 is 0 Å². The number of nitrogens with one attached hydrogen (secondary N) is 1. The van der Waals surface area contributed by atoms with Crippen LogP contribution in [0.5, 0.6) is 5.75 Å². The number of hydrogen-bond donors (Lipinski definition) is 2. The predicted octanol–water partition coefficient (Wildman–Crippen LogP) is 3.85. The third-order valence-electron chi connectivity index (χ3n) is 2.64. The summed E-state index contributed by atoms with van der Waals surface area (Å²) in [5.41, 5.74) is 0.955. The largest absolute Gasteiger partial charge is 0.489 e. The zero-order valence-corrected chi connectivity index (χ0v) is 12.2. The van der Waals surface area contributed by atoms with E-state index in [-0.39, 0.29) is 6.61 Å². The molecule has 0 saturated carbocycles. The van der Waals surface area contributed by atoms with Gasteiger partial charge in [-0.1, -0.05) is 41.4 Å². The maximum Gasteiger partial charge on any atom is 0.138 e. The van der Waals surface area contributed by atoms with Crippen LogP contribution in [-0.2, 0) is 0 Å². The first kappa shape index (κ1) is 15.0. The van der Waals surface area contributed by atoms with Gasteiger partial charge in [-0.25, -0.2) is 0 Å². The fourth-order valence-electron chi connectivity index (χ4n) is 1.63. The zero-order chi connectivity index (χ0) is 14.4. The van der Waals surface area contributed by atoms with E-state index in [2.05, 4.69) is 5.32 Å². The number of benzene rings is 2. The molecule has 0 fully saturated rings. The number of aliphatic hydroxyl groups is 1. The number of rotatable bonds is 6. The lowest BCUT2D eigenvalue weighted by Gasteiger charge is -2.14. The molecule has 0 aromatic heterocycles. The lowest BCUT2D eigenvalue weighted by atomic mass is 10.3. The van der Waals surface area contributed by atoms with Crippen LogP contribution in [0, 0.1) is 0 Å². The van der Waals surface area contributed by atoms with Crippen molar-refractivity contribution in [3.05, 3.63) is 58.6 Å². The SMILES string of the molecule is O[C@@H](CNc1ccccc1)COc1ccc(Cl)cc1Cl. The predicted molar refractivity (Wildman–Crippen MR) is 82.9 cm³/mol. The fraction of sp³-hybridized carbons (Fsp3) is 0.200. The second-order valence-electron chi connectivity index (χ2n) is 4.29. The van der Waals surface area contributed by atoms with Crippen LogP contribution in [0.3, 0.4) is 0 Å². The van der Waals surface area contributed by atoms with Crippen molar-refractivity contribution in [2.75, 3.05) is 18.5 Å². The van der Waals surface area contributed by atoms with Gasteiger partial charge in [-0.15, -0.1) is 0 Å². The average molecular weight is 312 g/mol. The number of ether oxygens (including phenoxy) is 1. The summed E-state index contributed by atoms with van der Waals surface area (Å²) in [6.07, 6.45) is -0.637. The van der Waals surface area contributed by atoms with Crippen LogP contribution in [0.1, 0.15) is 0 Å². The van der Waals surface area contributed by atoms with E-state index in [1.807, 2.05) is 30.3 Å². The Morgan fingerprint density at radius 2 is 1.85 bits per heavy atom. The van der Waals surface area contributed by atoms with Crippen molar-refractivity contribution in [3.8, 4) is 5.75 Å². The first-order valence-corrected chi connectivity index (χ1v) is 6.95. The average Bonchev–Trinajstić information content (AvgIpc) is 2.45. The van der Waals surface area contributed by atoms with Crippen molar-refractivity contribution in [2.24, 2.45) is 0 Å². The van der Waals surface area contributed by atoms with Gasteiger partial charge in [-0.3, -0.25) is 0 Å². The lowest BCUT2D eigenvalue weighted by Crippen LogP contribution is -2.26. The molecular weight excluding hydrogens is 297 g/mol. The summed E-state index contributed by atoms with van der Waals surface area (Å²) < 4.78 is 5.46. The van der Waals surface area contributed by atoms with Gasteiger partial charge in [0.25, 0.3) is 0 Å². The summed E-state index contributed by atoms with van der Waals surface area (Å²) in [5.74, 6) is 0.509. The quantitative estimate of drug-likeness (QED) is 0.851. The highest BCUT2D eigenvalue weighted by molar-refractivity contribution is 6.35. The molecule has 0 bridgehead atoms. The smallest absolute Gasteiger partial charge is 0.138 e. The molecule has 0 aliphatic rings. The molecule has 2 N–H and O–H groups in total. The Labute approximate surface area is 128 Å². The normalized spacial score (nSPS) is 11.9. The lowest BCUT2D eigenvalue weighted by molar-refractivity contribution is 0.117. The summed E-state index contributed by atoms with van der Waals surface area (Å²) in [4.78, 5) is 0. The highest BCUT2D eigenvalue weighted by atomic mass is 35.5. The minimum atomic E-state index is -0.637. The van der Waals surface area contributed by atoms with E-state index < -0.39 is 6.10 Å². The Morgan fingerprint density at radius 1 is 1.10 bits per heavy atom. The minimum absolute atomic E-state index is 0.154. The standard InChI is InChI=1S/C15H15Cl2NO2/c16-11-6-7-15(14(17)8-11)20-10-13(19)9-18-12-4-2-1-3-5-12/h1-8,13,18-19H,9-10H2/t13-/m0/s1. The van der Waals surface area contributed by atoms with Crippen molar-refractivity contribution in [3.63, 3.8) is 0 Å². The molecule has 0 radical (unpaired) electrons. The molecule has 2 rings (SSSR count). The molecule has 5 heteroatoms.